The van der Waals surface area contributed by atoms with Gasteiger partial charge >= 0.3 is 0 Å². The number of rotatable bonds is 3. The number of nitrogens with zero attached hydrogens (tertiary/aromatic N) is 3. The van der Waals surface area contributed by atoms with Crippen LogP contribution in [0.3, 0.4) is 0 Å². The largest absolute Gasteiger partial charge is 0.357 e. The highest BCUT2D eigenvalue weighted by atomic mass is 79.9. The third-order valence-electron chi connectivity index (χ3n) is 1.60. The molecule has 2 aromatic rings. The lowest BCUT2D eigenvalue weighted by Crippen LogP contribution is -1.97. The van der Waals surface area contributed by atoms with Gasteiger partial charge in [-0.05, 0) is 27.7 Å². The molecule has 0 atom stereocenters. The van der Waals surface area contributed by atoms with E-state index in [1.807, 2.05) is 0 Å². The van der Waals surface area contributed by atoms with E-state index in [0.29, 0.717) is 5.95 Å². The van der Waals surface area contributed by atoms with Crippen LogP contribution in [0.15, 0.2) is 33.2 Å². The first-order chi connectivity index (χ1) is 7.29. The summed E-state index contributed by atoms with van der Waals surface area (Å²) >= 11 is 4.84. The molecule has 78 valence electrons. The maximum absolute atomic E-state index is 4.30. The van der Waals surface area contributed by atoms with Gasteiger partial charge in [-0.3, -0.25) is 0 Å². The van der Waals surface area contributed by atoms with Crippen molar-refractivity contribution in [3.8, 4) is 0 Å². The molecule has 2 N–H and O–H groups in total. The Bertz CT molecular complexity index is 444. The van der Waals surface area contributed by atoms with Crippen LogP contribution in [0.4, 0.5) is 5.95 Å². The predicted molar refractivity (Wildman–Crippen MR) is 62.0 cm³/mol. The van der Waals surface area contributed by atoms with E-state index < -0.39 is 0 Å². The summed E-state index contributed by atoms with van der Waals surface area (Å²) in [5.41, 5.74) is 0. The van der Waals surface area contributed by atoms with Crippen LogP contribution in [0, 0.1) is 0 Å². The summed E-state index contributed by atoms with van der Waals surface area (Å²) < 4.78 is 0.850. The third-order valence-corrected chi connectivity index (χ3v) is 3.37. The SMILES string of the molecule is CNc1ncc(Br)c(Sc2ncc[nH]2)n1. The Morgan fingerprint density at radius 2 is 2.33 bits per heavy atom. The average Bonchev–Trinajstić information content (AvgIpc) is 2.74. The van der Waals surface area contributed by atoms with E-state index >= 15 is 0 Å². The summed E-state index contributed by atoms with van der Waals surface area (Å²) in [5, 5.41) is 4.51. The van der Waals surface area contributed by atoms with Crippen LogP contribution >= 0.6 is 27.7 Å². The number of imidazole rings is 1. The van der Waals surface area contributed by atoms with Crippen LogP contribution < -0.4 is 5.32 Å². The molecule has 0 aromatic carbocycles. The van der Waals surface area contributed by atoms with E-state index in [-0.39, 0.29) is 0 Å². The van der Waals surface area contributed by atoms with E-state index in [4.69, 9.17) is 0 Å². The van der Waals surface area contributed by atoms with Crippen molar-refractivity contribution in [2.75, 3.05) is 12.4 Å². The second kappa shape index (κ2) is 4.63. The van der Waals surface area contributed by atoms with Gasteiger partial charge in [-0.15, -0.1) is 0 Å². The molecule has 0 unspecified atom stereocenters. The number of aromatic nitrogens is 4. The Kier molecular flexibility index (Phi) is 3.22. The molecule has 0 saturated carbocycles. The van der Waals surface area contributed by atoms with E-state index in [1.165, 1.54) is 11.8 Å². The van der Waals surface area contributed by atoms with Crippen molar-refractivity contribution in [2.45, 2.75) is 10.2 Å². The topological polar surface area (TPSA) is 66.5 Å². The van der Waals surface area contributed by atoms with Crippen LogP contribution in [-0.2, 0) is 0 Å². The van der Waals surface area contributed by atoms with Crippen LogP contribution in [-0.4, -0.2) is 27.0 Å². The van der Waals surface area contributed by atoms with Crippen molar-refractivity contribution in [1.29, 1.82) is 0 Å². The number of H-pyrrole nitrogens is 1. The zero-order chi connectivity index (χ0) is 10.7. The highest BCUT2D eigenvalue weighted by Gasteiger charge is 2.07. The minimum absolute atomic E-state index is 0.590. The second-order valence-electron chi connectivity index (χ2n) is 2.59. The Hall–Kier alpha value is -1.08. The van der Waals surface area contributed by atoms with Crippen molar-refractivity contribution >= 4 is 33.6 Å². The third kappa shape index (κ3) is 2.48. The van der Waals surface area contributed by atoms with Gasteiger partial charge in [-0.1, -0.05) is 0 Å². The number of hydrogen-bond donors (Lipinski definition) is 2. The Labute approximate surface area is 99.3 Å². The monoisotopic (exact) mass is 285 g/mol. The number of aromatic amines is 1. The first-order valence-electron chi connectivity index (χ1n) is 4.17. The lowest BCUT2D eigenvalue weighted by molar-refractivity contribution is 1.00. The summed E-state index contributed by atoms with van der Waals surface area (Å²) in [6.07, 6.45) is 5.19. The lowest BCUT2D eigenvalue weighted by atomic mass is 10.7. The first kappa shape index (κ1) is 10.4. The zero-order valence-electron chi connectivity index (χ0n) is 7.86. The fourth-order valence-electron chi connectivity index (χ4n) is 0.942. The summed E-state index contributed by atoms with van der Waals surface area (Å²) in [6, 6.07) is 0. The molecule has 2 aromatic heterocycles. The molecular formula is C8H8BrN5S. The van der Waals surface area contributed by atoms with Crippen molar-refractivity contribution in [3.63, 3.8) is 0 Å². The maximum atomic E-state index is 4.30. The predicted octanol–water partition coefficient (Wildman–Crippen LogP) is 2.16. The fourth-order valence-corrected chi connectivity index (χ4v) is 2.08. The lowest BCUT2D eigenvalue weighted by Gasteiger charge is -2.03. The van der Waals surface area contributed by atoms with Crippen LogP contribution in [0.5, 0.6) is 0 Å². The molecule has 2 rings (SSSR count). The normalized spacial score (nSPS) is 10.3. The van der Waals surface area contributed by atoms with Crippen LogP contribution in [0.2, 0.25) is 0 Å². The van der Waals surface area contributed by atoms with Gasteiger partial charge in [0.15, 0.2) is 5.16 Å². The summed E-state index contributed by atoms with van der Waals surface area (Å²) in [4.78, 5) is 15.5. The Morgan fingerprint density at radius 1 is 1.47 bits per heavy atom. The molecule has 0 aliphatic carbocycles. The van der Waals surface area contributed by atoms with Gasteiger partial charge in [0.25, 0.3) is 0 Å². The minimum Gasteiger partial charge on any atom is -0.357 e. The number of halogens is 1. The van der Waals surface area contributed by atoms with Crippen molar-refractivity contribution < 1.29 is 0 Å². The van der Waals surface area contributed by atoms with Gasteiger partial charge in [0.05, 0.1) is 4.47 Å². The van der Waals surface area contributed by atoms with Gasteiger partial charge < -0.3 is 10.3 Å². The van der Waals surface area contributed by atoms with Crippen molar-refractivity contribution in [2.24, 2.45) is 0 Å². The Balaban J connectivity index is 2.27. The second-order valence-corrected chi connectivity index (χ2v) is 4.42. The summed E-state index contributed by atoms with van der Waals surface area (Å²) in [7, 11) is 1.78. The molecule has 0 spiro atoms. The van der Waals surface area contributed by atoms with Gasteiger partial charge in [0.1, 0.15) is 5.03 Å². The van der Waals surface area contributed by atoms with Crippen LogP contribution in [0.25, 0.3) is 0 Å². The number of hydrogen-bond acceptors (Lipinski definition) is 5. The molecule has 7 heteroatoms. The molecule has 0 aliphatic rings. The van der Waals surface area contributed by atoms with E-state index in [1.54, 1.807) is 25.6 Å². The average molecular weight is 286 g/mol. The molecule has 5 nitrogen and oxygen atoms in total. The summed E-state index contributed by atoms with van der Waals surface area (Å²) in [5.74, 6) is 0.590. The van der Waals surface area contributed by atoms with Crippen LogP contribution in [0.1, 0.15) is 0 Å². The van der Waals surface area contributed by atoms with Gasteiger partial charge in [-0.2, -0.15) is 0 Å². The smallest absolute Gasteiger partial charge is 0.223 e. The fraction of sp³-hybridized carbons (Fsp3) is 0.125. The highest BCUT2D eigenvalue weighted by molar-refractivity contribution is 9.10. The van der Waals surface area contributed by atoms with Gasteiger partial charge in [-0.25, -0.2) is 15.0 Å². The molecule has 0 aliphatic heterocycles. The molecule has 0 bridgehead atoms. The zero-order valence-corrected chi connectivity index (χ0v) is 10.3. The first-order valence-corrected chi connectivity index (χ1v) is 5.78. The summed E-state index contributed by atoms with van der Waals surface area (Å²) in [6.45, 7) is 0. The standard InChI is InChI=1S/C8H8BrN5S/c1-10-7-13-4-5(9)6(14-7)15-8-11-2-3-12-8/h2-4H,1H3,(H,11,12)(H,10,13,14). The molecule has 0 radical (unpaired) electrons. The minimum atomic E-state index is 0.590. The van der Waals surface area contributed by atoms with Crippen molar-refractivity contribution in [1.82, 2.24) is 19.9 Å². The molecule has 15 heavy (non-hydrogen) atoms. The molecular weight excluding hydrogens is 278 g/mol. The van der Waals surface area contributed by atoms with E-state index in [9.17, 15) is 0 Å². The molecule has 0 fully saturated rings. The Morgan fingerprint density at radius 3 is 3.00 bits per heavy atom. The number of nitrogens with one attached hydrogen (secondary N) is 2. The van der Waals surface area contributed by atoms with Gasteiger partial charge in [0, 0.05) is 25.6 Å². The number of anilines is 1. The molecule has 0 saturated heterocycles. The van der Waals surface area contributed by atoms with E-state index in [0.717, 1.165) is 14.7 Å². The van der Waals surface area contributed by atoms with E-state index in [2.05, 4.69) is 41.2 Å². The van der Waals surface area contributed by atoms with Gasteiger partial charge in [0.2, 0.25) is 5.95 Å². The maximum Gasteiger partial charge on any atom is 0.223 e. The van der Waals surface area contributed by atoms with Crippen molar-refractivity contribution in [3.05, 3.63) is 23.1 Å². The molecule has 2 heterocycles. The highest BCUT2D eigenvalue weighted by Crippen LogP contribution is 2.29. The quantitative estimate of drug-likeness (QED) is 0.846. The molecule has 0 amide bonds.